The van der Waals surface area contributed by atoms with Crippen LogP contribution in [0.5, 0.6) is 34.5 Å². The topological polar surface area (TPSA) is 370 Å². The predicted molar refractivity (Wildman–Crippen MR) is 440 cm³/mol. The van der Waals surface area contributed by atoms with Crippen molar-refractivity contribution in [3.05, 3.63) is 385 Å². The molecule has 0 bridgehead atoms. The highest BCUT2D eigenvalue weighted by molar-refractivity contribution is 6.93. The van der Waals surface area contributed by atoms with Crippen molar-refractivity contribution < 1.29 is 84.5 Å². The van der Waals surface area contributed by atoms with Gasteiger partial charge in [0.25, 0.3) is 11.4 Å². The number of benzene rings is 12. The van der Waals surface area contributed by atoms with Gasteiger partial charge in [-0.1, -0.05) is 218 Å². The van der Waals surface area contributed by atoms with Crippen LogP contribution in [-0.4, -0.2) is 97.9 Å². The van der Waals surface area contributed by atoms with Crippen LogP contribution in [0.2, 0.25) is 0 Å². The number of rotatable bonds is 36. The van der Waals surface area contributed by atoms with E-state index in [1.165, 1.54) is 79.1 Å². The molecule has 0 aliphatic rings. The molecule has 12 aromatic carbocycles. The first-order chi connectivity index (χ1) is 56.7. The van der Waals surface area contributed by atoms with Crippen LogP contribution in [0.15, 0.2) is 291 Å². The van der Waals surface area contributed by atoms with Gasteiger partial charge in [0.15, 0.2) is 23.0 Å². The summed E-state index contributed by atoms with van der Waals surface area (Å²) in [5, 5.41) is 75.7. The zero-order valence-corrected chi connectivity index (χ0v) is 66.9. The lowest BCUT2D eigenvalue weighted by atomic mass is 10.1. The van der Waals surface area contributed by atoms with Gasteiger partial charge in [0, 0.05) is 12.1 Å². The highest BCUT2D eigenvalue weighted by Gasteiger charge is 2.48. The van der Waals surface area contributed by atoms with Crippen molar-refractivity contribution in [1.29, 1.82) is 0 Å². The molecule has 0 heterocycles. The summed E-state index contributed by atoms with van der Waals surface area (Å²) in [5.74, 6) is 0.542. The smallest absolute Gasteiger partial charge is 0.407 e. The first-order valence-corrected chi connectivity index (χ1v) is 41.2. The largest absolute Gasteiger partial charge is 0.493 e. The van der Waals surface area contributed by atoms with Gasteiger partial charge in [-0.3, -0.25) is 60.7 Å². The Kier molecular flexibility index (Phi) is 29.9. The summed E-state index contributed by atoms with van der Waals surface area (Å²) in [6.45, 7) is -0.928. The second kappa shape index (κ2) is 40.8. The molecule has 600 valence electrons. The van der Waals surface area contributed by atoms with E-state index in [0.717, 1.165) is 20.7 Å². The maximum atomic E-state index is 12.2. The molecule has 0 saturated carbocycles. The molecular formula is C84H78N6O24Si3. The van der Waals surface area contributed by atoms with Crippen molar-refractivity contribution >= 4 is 90.9 Å². The van der Waals surface area contributed by atoms with Crippen LogP contribution in [0, 0.1) is 60.7 Å². The monoisotopic (exact) mass is 1640 g/mol. The van der Waals surface area contributed by atoms with Gasteiger partial charge >= 0.3 is 48.4 Å². The van der Waals surface area contributed by atoms with Crippen molar-refractivity contribution in [2.45, 2.75) is 39.6 Å². The summed E-state index contributed by atoms with van der Waals surface area (Å²) in [5.41, 5.74) is 0.788. The Balaban J connectivity index is 0.000000186. The molecule has 30 nitrogen and oxygen atoms in total. The molecule has 0 aromatic heterocycles. The van der Waals surface area contributed by atoms with Gasteiger partial charge in [-0.05, 0) is 91.8 Å². The lowest BCUT2D eigenvalue weighted by molar-refractivity contribution is -0.387. The van der Waals surface area contributed by atoms with Gasteiger partial charge in [0.2, 0.25) is 11.5 Å². The molecule has 0 atom stereocenters. The maximum absolute atomic E-state index is 12.2. The van der Waals surface area contributed by atoms with Crippen LogP contribution in [-0.2, 0) is 66.2 Å². The number of hydrogen-bond donors (Lipinski definition) is 0. The SMILES string of the molecule is COc1ccc(CO[Si](OCc2ccc(OC)c(OC)c2[N+](=O)[O-])(c2ccccc2)c2ccccc2)c([N+](=O)[O-])c1OC.COc1cccc(CO[Si](OCc2cccc(OC)c2[N+](=O)[O-])(c2ccccc2)c2ccccc2)c1[N+](=O)[O-].O=[N+]([O-])c1ccccc1CO[Si](OCc1ccccc1[N+](=O)[O-])(c1ccccc1)c1ccccc1. The molecule has 0 radical (unpaired) electrons. The Hall–Kier alpha value is -13.7. The van der Waals surface area contributed by atoms with Gasteiger partial charge in [0.1, 0.15) is 0 Å². The number of nitro benzene ring substituents is 6. The molecule has 12 rings (SSSR count). The van der Waals surface area contributed by atoms with E-state index in [-0.39, 0.29) is 119 Å². The third kappa shape index (κ3) is 20.1. The number of nitro groups is 6. The Bertz CT molecular complexity index is 5080. The van der Waals surface area contributed by atoms with Crippen LogP contribution in [0.1, 0.15) is 33.4 Å². The summed E-state index contributed by atoms with van der Waals surface area (Å²) in [7, 11) is -2.65. The van der Waals surface area contributed by atoms with Crippen molar-refractivity contribution in [3.8, 4) is 34.5 Å². The number of ether oxygens (including phenoxy) is 6. The fourth-order valence-electron chi connectivity index (χ4n) is 12.9. The van der Waals surface area contributed by atoms with E-state index < -0.39 is 55.2 Å². The maximum Gasteiger partial charge on any atom is 0.407 e. The summed E-state index contributed by atoms with van der Waals surface area (Å²) in [6, 6.07) is 84.1. The molecule has 0 saturated heterocycles. The predicted octanol–water partition coefficient (Wildman–Crippen LogP) is 13.5. The van der Waals surface area contributed by atoms with E-state index in [2.05, 4.69) is 0 Å². The van der Waals surface area contributed by atoms with Crippen molar-refractivity contribution in [3.63, 3.8) is 0 Å². The minimum absolute atomic E-state index is 0.0397. The first kappa shape index (κ1) is 85.7. The van der Waals surface area contributed by atoms with Crippen LogP contribution >= 0.6 is 0 Å². The van der Waals surface area contributed by atoms with Crippen LogP contribution in [0.25, 0.3) is 0 Å². The van der Waals surface area contributed by atoms with Crippen LogP contribution < -0.4 is 59.5 Å². The number of nitrogens with zero attached hydrogens (tertiary/aromatic N) is 6. The number of para-hydroxylation sites is 4. The number of methoxy groups -OCH3 is 6. The summed E-state index contributed by atoms with van der Waals surface area (Å²) in [4.78, 5) is 68.3. The highest BCUT2D eigenvalue weighted by atomic mass is 28.4. The average Bonchev–Trinajstić information content (AvgIpc) is 0.777. The van der Waals surface area contributed by atoms with Gasteiger partial charge in [0.05, 0.1) is 145 Å². The van der Waals surface area contributed by atoms with Gasteiger partial charge in [-0.25, -0.2) is 0 Å². The molecule has 0 unspecified atom stereocenters. The third-order valence-corrected chi connectivity index (χ3v) is 28.3. The quantitative estimate of drug-likeness (QED) is 0.0200. The Morgan fingerprint density at radius 2 is 0.427 bits per heavy atom. The summed E-state index contributed by atoms with van der Waals surface area (Å²) < 4.78 is 71.2. The zero-order valence-electron chi connectivity index (χ0n) is 63.9. The van der Waals surface area contributed by atoms with Gasteiger partial charge < -0.3 is 55.0 Å². The Morgan fingerprint density at radius 1 is 0.214 bits per heavy atom. The van der Waals surface area contributed by atoms with E-state index in [1.54, 1.807) is 72.8 Å². The molecule has 0 amide bonds. The molecule has 0 aliphatic carbocycles. The third-order valence-electron chi connectivity index (χ3n) is 18.4. The van der Waals surface area contributed by atoms with E-state index in [1.807, 2.05) is 182 Å². The van der Waals surface area contributed by atoms with E-state index in [9.17, 15) is 60.7 Å². The van der Waals surface area contributed by atoms with Crippen molar-refractivity contribution in [1.82, 2.24) is 0 Å². The second-order valence-corrected chi connectivity index (χ2v) is 34.0. The summed E-state index contributed by atoms with van der Waals surface area (Å²) >= 11 is 0. The molecule has 117 heavy (non-hydrogen) atoms. The Morgan fingerprint density at radius 3 is 0.650 bits per heavy atom. The summed E-state index contributed by atoms with van der Waals surface area (Å²) in [6.07, 6.45) is 0. The molecule has 0 spiro atoms. The standard InChI is InChI=1S/C30H30N2O10Si.C28H26N2O8Si.C26H22N2O6Si/c1-37-25-17-15-21(27(31(33)34)29(25)39-3)19-41-43(23-11-7-5-8-12-23,24-13-9-6-10-14-24)42-20-22-16-18-26(38-2)30(40-4)28(22)32(35)36;1-35-25-17-9-11-21(27(25)29(31)32)19-37-39(23-13-5-3-6-14-23,24-15-7-4-8-16-24)38-20-22-12-10-18-26(36-2)28(22)30(33)34;29-27(30)25-17-9-7-11-21(25)19-33-35(23-13-3-1-4-14-23,24-15-5-2-6-16-24)34-20-22-12-8-10-18-26(22)28(31)32/h5-18H,19-20H2,1-4H3;3-18H,19-20H2,1-2H3;1-18H,19-20H2. The average molecular weight is 1640 g/mol. The second-order valence-electron chi connectivity index (χ2n) is 25.1. The lowest BCUT2D eigenvalue weighted by Gasteiger charge is -2.31. The first-order valence-electron chi connectivity index (χ1n) is 35.7. The van der Waals surface area contributed by atoms with Gasteiger partial charge in [-0.2, -0.15) is 0 Å². The van der Waals surface area contributed by atoms with Crippen LogP contribution in [0.3, 0.4) is 0 Å². The van der Waals surface area contributed by atoms with Crippen LogP contribution in [0.4, 0.5) is 34.1 Å². The lowest BCUT2D eigenvalue weighted by Crippen LogP contribution is -2.63. The molecule has 0 fully saturated rings. The zero-order chi connectivity index (χ0) is 83.5. The highest BCUT2D eigenvalue weighted by Crippen LogP contribution is 2.43. The molecule has 33 heteroatoms. The fraction of sp³-hybridized carbons (Fsp3) is 0.143. The van der Waals surface area contributed by atoms with E-state index >= 15 is 0 Å². The molecular weight excluding hydrogens is 1560 g/mol. The molecule has 0 aliphatic heterocycles. The molecule has 0 N–H and O–H groups in total. The minimum atomic E-state index is -3.72. The molecule has 12 aromatic rings. The van der Waals surface area contributed by atoms with E-state index in [4.69, 9.17) is 55.0 Å². The van der Waals surface area contributed by atoms with Crippen molar-refractivity contribution in [2.24, 2.45) is 0 Å². The normalized spacial score (nSPS) is 11.1. The van der Waals surface area contributed by atoms with Crippen molar-refractivity contribution in [2.75, 3.05) is 42.7 Å². The minimum Gasteiger partial charge on any atom is -0.493 e. The fourth-order valence-corrected chi connectivity index (χ4v) is 22.1. The Labute approximate surface area is 674 Å². The number of hydrogen-bond acceptors (Lipinski definition) is 24. The van der Waals surface area contributed by atoms with Gasteiger partial charge in [-0.15, -0.1) is 0 Å². The van der Waals surface area contributed by atoms with E-state index in [0.29, 0.717) is 32.6 Å².